The van der Waals surface area contributed by atoms with Crippen molar-refractivity contribution in [2.45, 2.75) is 19.8 Å². The molecule has 0 fully saturated rings. The highest BCUT2D eigenvalue weighted by Gasteiger charge is 2.08. The number of rotatable bonds is 6. The zero-order valence-electron chi connectivity index (χ0n) is 10.2. The molecule has 5 heteroatoms. The quantitative estimate of drug-likeness (QED) is 0.614. The SMILES string of the molecule is CCCOC(=O)c1ccc(OC(=O)CCO)cc1. The first-order chi connectivity index (χ1) is 8.67. The monoisotopic (exact) mass is 252 g/mol. The number of aliphatic hydroxyl groups excluding tert-OH is 1. The Morgan fingerprint density at radius 1 is 1.22 bits per heavy atom. The van der Waals surface area contributed by atoms with E-state index in [-0.39, 0.29) is 13.0 Å². The van der Waals surface area contributed by atoms with Crippen LogP contribution in [0.3, 0.4) is 0 Å². The van der Waals surface area contributed by atoms with Crippen LogP contribution in [-0.4, -0.2) is 30.3 Å². The van der Waals surface area contributed by atoms with E-state index in [1.54, 1.807) is 0 Å². The van der Waals surface area contributed by atoms with Crippen molar-refractivity contribution < 1.29 is 24.2 Å². The summed E-state index contributed by atoms with van der Waals surface area (Å²) in [6, 6.07) is 6.08. The van der Waals surface area contributed by atoms with Crippen molar-refractivity contribution in [3.8, 4) is 5.75 Å². The van der Waals surface area contributed by atoms with E-state index in [0.717, 1.165) is 6.42 Å². The van der Waals surface area contributed by atoms with E-state index in [1.807, 2.05) is 6.92 Å². The number of esters is 2. The Bertz CT molecular complexity index is 396. The molecule has 0 aromatic heterocycles. The molecule has 0 saturated heterocycles. The standard InChI is InChI=1S/C13H16O5/c1-2-9-17-13(16)10-3-5-11(6-4-10)18-12(15)7-8-14/h3-6,14H,2,7-9H2,1H3. The van der Waals surface area contributed by atoms with Crippen molar-refractivity contribution in [2.75, 3.05) is 13.2 Å². The van der Waals surface area contributed by atoms with Gasteiger partial charge in [0.25, 0.3) is 0 Å². The average Bonchev–Trinajstić information content (AvgIpc) is 2.37. The summed E-state index contributed by atoms with van der Waals surface area (Å²) < 4.78 is 9.88. The van der Waals surface area contributed by atoms with Gasteiger partial charge in [-0.25, -0.2) is 4.79 Å². The molecule has 0 radical (unpaired) electrons. The van der Waals surface area contributed by atoms with Gasteiger partial charge in [0, 0.05) is 0 Å². The number of ether oxygens (including phenoxy) is 2. The lowest BCUT2D eigenvalue weighted by Gasteiger charge is -2.05. The number of hydrogen-bond acceptors (Lipinski definition) is 5. The van der Waals surface area contributed by atoms with Crippen molar-refractivity contribution in [3.05, 3.63) is 29.8 Å². The van der Waals surface area contributed by atoms with Gasteiger partial charge in [-0.2, -0.15) is 0 Å². The molecule has 18 heavy (non-hydrogen) atoms. The van der Waals surface area contributed by atoms with E-state index in [9.17, 15) is 9.59 Å². The Kier molecular flexibility index (Phi) is 5.87. The predicted molar refractivity (Wildman–Crippen MR) is 64.4 cm³/mol. The molecule has 98 valence electrons. The molecule has 0 unspecified atom stereocenters. The molecule has 0 saturated carbocycles. The number of carbonyl (C=O) groups excluding carboxylic acids is 2. The minimum Gasteiger partial charge on any atom is -0.462 e. The van der Waals surface area contributed by atoms with E-state index >= 15 is 0 Å². The van der Waals surface area contributed by atoms with Crippen molar-refractivity contribution in [1.82, 2.24) is 0 Å². The predicted octanol–water partition coefficient (Wildman–Crippen LogP) is 1.54. The van der Waals surface area contributed by atoms with E-state index in [1.165, 1.54) is 24.3 Å². The van der Waals surface area contributed by atoms with Crippen molar-refractivity contribution in [2.24, 2.45) is 0 Å². The van der Waals surface area contributed by atoms with E-state index in [4.69, 9.17) is 14.6 Å². The number of carbonyl (C=O) groups is 2. The van der Waals surface area contributed by atoms with Crippen molar-refractivity contribution >= 4 is 11.9 Å². The number of aliphatic hydroxyl groups is 1. The van der Waals surface area contributed by atoms with Crippen LogP contribution in [0.5, 0.6) is 5.75 Å². The zero-order valence-corrected chi connectivity index (χ0v) is 10.2. The fourth-order valence-corrected chi connectivity index (χ4v) is 1.21. The molecule has 0 atom stereocenters. The van der Waals surface area contributed by atoms with Gasteiger partial charge in [0.1, 0.15) is 5.75 Å². The molecule has 0 amide bonds. The van der Waals surface area contributed by atoms with Gasteiger partial charge in [-0.15, -0.1) is 0 Å². The molecule has 1 N–H and O–H groups in total. The second-order valence-electron chi connectivity index (χ2n) is 3.61. The summed E-state index contributed by atoms with van der Waals surface area (Å²) >= 11 is 0. The van der Waals surface area contributed by atoms with E-state index in [0.29, 0.717) is 17.9 Å². The molecular formula is C13H16O5. The van der Waals surface area contributed by atoms with Gasteiger partial charge in [-0.3, -0.25) is 4.79 Å². The third-order valence-corrected chi connectivity index (χ3v) is 2.07. The van der Waals surface area contributed by atoms with Crippen LogP contribution in [0.25, 0.3) is 0 Å². The van der Waals surface area contributed by atoms with Gasteiger partial charge < -0.3 is 14.6 Å². The maximum atomic E-state index is 11.5. The molecule has 0 bridgehead atoms. The highest BCUT2D eigenvalue weighted by molar-refractivity contribution is 5.89. The van der Waals surface area contributed by atoms with Crippen LogP contribution >= 0.6 is 0 Å². The lowest BCUT2D eigenvalue weighted by Crippen LogP contribution is -2.10. The molecule has 0 aliphatic carbocycles. The highest BCUT2D eigenvalue weighted by Crippen LogP contribution is 2.13. The van der Waals surface area contributed by atoms with Gasteiger partial charge in [0.05, 0.1) is 25.2 Å². The average molecular weight is 252 g/mol. The molecular weight excluding hydrogens is 236 g/mol. The summed E-state index contributed by atoms with van der Waals surface area (Å²) in [5, 5.41) is 8.55. The fourth-order valence-electron chi connectivity index (χ4n) is 1.21. The lowest BCUT2D eigenvalue weighted by molar-refractivity contribution is -0.135. The summed E-state index contributed by atoms with van der Waals surface area (Å²) in [5.41, 5.74) is 0.408. The summed E-state index contributed by atoms with van der Waals surface area (Å²) in [6.45, 7) is 2.04. The van der Waals surface area contributed by atoms with Gasteiger partial charge >= 0.3 is 11.9 Å². The minimum absolute atomic E-state index is 0.0553. The van der Waals surface area contributed by atoms with Crippen LogP contribution < -0.4 is 4.74 Å². The second kappa shape index (κ2) is 7.45. The van der Waals surface area contributed by atoms with Gasteiger partial charge in [0.2, 0.25) is 0 Å². The van der Waals surface area contributed by atoms with E-state index < -0.39 is 11.9 Å². The maximum absolute atomic E-state index is 11.5. The maximum Gasteiger partial charge on any atom is 0.338 e. The smallest absolute Gasteiger partial charge is 0.338 e. The Labute approximate surface area is 105 Å². The molecule has 5 nitrogen and oxygen atoms in total. The summed E-state index contributed by atoms with van der Waals surface area (Å²) in [7, 11) is 0. The normalized spacial score (nSPS) is 9.89. The van der Waals surface area contributed by atoms with Crippen LogP contribution in [0.4, 0.5) is 0 Å². The molecule has 0 heterocycles. The largest absolute Gasteiger partial charge is 0.462 e. The first kappa shape index (κ1) is 14.2. The highest BCUT2D eigenvalue weighted by atomic mass is 16.5. The summed E-state index contributed by atoms with van der Waals surface area (Å²) in [4.78, 5) is 22.6. The molecule has 0 aliphatic heterocycles. The van der Waals surface area contributed by atoms with Crippen LogP contribution in [0.15, 0.2) is 24.3 Å². The molecule has 1 aromatic carbocycles. The van der Waals surface area contributed by atoms with Crippen LogP contribution in [0.2, 0.25) is 0 Å². The van der Waals surface area contributed by atoms with Gasteiger partial charge in [-0.1, -0.05) is 6.92 Å². The molecule has 0 spiro atoms. The Hall–Kier alpha value is -1.88. The molecule has 0 aliphatic rings. The fraction of sp³-hybridized carbons (Fsp3) is 0.385. The Balaban J connectivity index is 2.57. The third-order valence-electron chi connectivity index (χ3n) is 2.07. The van der Waals surface area contributed by atoms with Gasteiger partial charge in [0.15, 0.2) is 0 Å². The summed E-state index contributed by atoms with van der Waals surface area (Å²) in [6.07, 6.45) is 0.711. The second-order valence-corrected chi connectivity index (χ2v) is 3.61. The van der Waals surface area contributed by atoms with Gasteiger partial charge in [-0.05, 0) is 30.7 Å². The van der Waals surface area contributed by atoms with Crippen LogP contribution in [0, 0.1) is 0 Å². The minimum atomic E-state index is -0.515. The topological polar surface area (TPSA) is 72.8 Å². The first-order valence-corrected chi connectivity index (χ1v) is 5.76. The van der Waals surface area contributed by atoms with Crippen LogP contribution in [-0.2, 0) is 9.53 Å². The zero-order chi connectivity index (χ0) is 13.4. The summed E-state index contributed by atoms with van der Waals surface area (Å²) in [5.74, 6) is -0.579. The Morgan fingerprint density at radius 2 is 1.89 bits per heavy atom. The molecule has 1 aromatic rings. The number of benzene rings is 1. The lowest BCUT2D eigenvalue weighted by atomic mass is 10.2. The number of hydrogen-bond donors (Lipinski definition) is 1. The van der Waals surface area contributed by atoms with Crippen molar-refractivity contribution in [3.63, 3.8) is 0 Å². The van der Waals surface area contributed by atoms with Crippen LogP contribution in [0.1, 0.15) is 30.1 Å². The van der Waals surface area contributed by atoms with Crippen molar-refractivity contribution in [1.29, 1.82) is 0 Å². The Morgan fingerprint density at radius 3 is 2.44 bits per heavy atom. The third kappa shape index (κ3) is 4.55. The first-order valence-electron chi connectivity index (χ1n) is 5.76. The van der Waals surface area contributed by atoms with E-state index in [2.05, 4.69) is 0 Å². The molecule has 1 rings (SSSR count).